The highest BCUT2D eigenvalue weighted by Gasteiger charge is 2.15. The molecule has 0 aliphatic carbocycles. The van der Waals surface area contributed by atoms with Gasteiger partial charge in [0.2, 0.25) is 0 Å². The van der Waals surface area contributed by atoms with Crippen molar-refractivity contribution in [2.24, 2.45) is 5.73 Å². The summed E-state index contributed by atoms with van der Waals surface area (Å²) >= 11 is 1.56. The van der Waals surface area contributed by atoms with Gasteiger partial charge in [0.25, 0.3) is 10.0 Å². The molecule has 0 saturated heterocycles. The molecule has 0 saturated carbocycles. The Morgan fingerprint density at radius 1 is 1.14 bits per heavy atom. The molecule has 0 radical (unpaired) electrons. The molecule has 0 amide bonds. The second kappa shape index (κ2) is 6.51. The topological polar surface area (TPSA) is 72.2 Å². The van der Waals surface area contributed by atoms with Gasteiger partial charge in [0, 0.05) is 16.6 Å². The number of benzene rings is 2. The monoisotopic (exact) mass is 322 g/mol. The molecule has 0 fully saturated rings. The van der Waals surface area contributed by atoms with Crippen LogP contribution in [0.5, 0.6) is 0 Å². The van der Waals surface area contributed by atoms with Gasteiger partial charge in [-0.2, -0.15) is 0 Å². The van der Waals surface area contributed by atoms with E-state index in [1.807, 2.05) is 31.4 Å². The van der Waals surface area contributed by atoms with Gasteiger partial charge in [0.15, 0.2) is 0 Å². The highest BCUT2D eigenvalue weighted by atomic mass is 32.2. The first-order chi connectivity index (χ1) is 9.92. The Morgan fingerprint density at radius 2 is 1.86 bits per heavy atom. The molecule has 0 bridgehead atoms. The van der Waals surface area contributed by atoms with Crippen LogP contribution in [-0.4, -0.2) is 14.7 Å². The molecule has 0 aliphatic rings. The van der Waals surface area contributed by atoms with Crippen LogP contribution >= 0.6 is 11.8 Å². The van der Waals surface area contributed by atoms with Gasteiger partial charge in [-0.25, -0.2) is 8.42 Å². The highest BCUT2D eigenvalue weighted by Crippen LogP contribution is 2.22. The molecule has 1 atom stereocenters. The van der Waals surface area contributed by atoms with Crippen molar-refractivity contribution in [3.63, 3.8) is 0 Å². The molecule has 2 aromatic carbocycles. The molecule has 0 heterocycles. The molecule has 112 valence electrons. The van der Waals surface area contributed by atoms with Crippen LogP contribution in [0.1, 0.15) is 18.5 Å². The lowest BCUT2D eigenvalue weighted by atomic mass is 10.1. The van der Waals surface area contributed by atoms with Crippen LogP contribution in [0.3, 0.4) is 0 Å². The minimum Gasteiger partial charge on any atom is -0.324 e. The standard InChI is InChI=1S/C15H18N2O2S2/c1-11(16)12-5-3-8-15(9-12)21(18,19)17-13-6-4-7-14(10-13)20-2/h3-11,17H,16H2,1-2H3. The Morgan fingerprint density at radius 3 is 2.52 bits per heavy atom. The predicted octanol–water partition coefficient (Wildman–Crippen LogP) is 3.23. The zero-order valence-electron chi connectivity index (χ0n) is 11.9. The maximum Gasteiger partial charge on any atom is 0.261 e. The van der Waals surface area contributed by atoms with Crippen LogP contribution in [0.2, 0.25) is 0 Å². The lowest BCUT2D eigenvalue weighted by Crippen LogP contribution is -2.14. The fourth-order valence-corrected chi connectivity index (χ4v) is 3.43. The van der Waals surface area contributed by atoms with E-state index in [1.54, 1.807) is 42.1 Å². The average molecular weight is 322 g/mol. The summed E-state index contributed by atoms with van der Waals surface area (Å²) in [6.07, 6.45) is 1.94. The van der Waals surface area contributed by atoms with Crippen molar-refractivity contribution in [3.8, 4) is 0 Å². The van der Waals surface area contributed by atoms with E-state index in [-0.39, 0.29) is 10.9 Å². The van der Waals surface area contributed by atoms with Gasteiger partial charge in [-0.05, 0) is 49.1 Å². The summed E-state index contributed by atoms with van der Waals surface area (Å²) in [5.74, 6) is 0. The van der Waals surface area contributed by atoms with Gasteiger partial charge in [-0.15, -0.1) is 11.8 Å². The quantitative estimate of drug-likeness (QED) is 0.829. The largest absolute Gasteiger partial charge is 0.324 e. The molecule has 0 spiro atoms. The number of thioether (sulfide) groups is 1. The molecule has 2 rings (SSSR count). The summed E-state index contributed by atoms with van der Waals surface area (Å²) in [4.78, 5) is 1.21. The maximum absolute atomic E-state index is 12.4. The van der Waals surface area contributed by atoms with E-state index in [2.05, 4.69) is 4.72 Å². The van der Waals surface area contributed by atoms with Crippen molar-refractivity contribution in [3.05, 3.63) is 54.1 Å². The van der Waals surface area contributed by atoms with Gasteiger partial charge in [0.1, 0.15) is 0 Å². The third-order valence-electron chi connectivity index (χ3n) is 3.02. The molecule has 21 heavy (non-hydrogen) atoms. The normalized spacial score (nSPS) is 12.9. The summed E-state index contributed by atoms with van der Waals surface area (Å²) in [7, 11) is -3.61. The highest BCUT2D eigenvalue weighted by molar-refractivity contribution is 7.98. The Labute approximate surface area is 129 Å². The van der Waals surface area contributed by atoms with Gasteiger partial charge in [0.05, 0.1) is 4.90 Å². The van der Waals surface area contributed by atoms with E-state index in [0.29, 0.717) is 5.69 Å². The zero-order chi connectivity index (χ0) is 15.5. The first-order valence-electron chi connectivity index (χ1n) is 6.45. The van der Waals surface area contributed by atoms with Crippen LogP contribution in [0, 0.1) is 0 Å². The molecular weight excluding hydrogens is 304 g/mol. The molecule has 0 aromatic heterocycles. The molecule has 1 unspecified atom stereocenters. The number of anilines is 1. The van der Waals surface area contributed by atoms with Crippen LogP contribution < -0.4 is 10.5 Å². The Bertz CT molecular complexity index is 728. The molecule has 6 heteroatoms. The molecule has 3 N–H and O–H groups in total. The minimum absolute atomic E-state index is 0.208. The predicted molar refractivity (Wildman–Crippen MR) is 88.1 cm³/mol. The van der Waals surface area contributed by atoms with E-state index < -0.39 is 10.0 Å². The van der Waals surface area contributed by atoms with Crippen molar-refractivity contribution < 1.29 is 8.42 Å². The van der Waals surface area contributed by atoms with E-state index in [1.165, 1.54) is 0 Å². The fraction of sp³-hybridized carbons (Fsp3) is 0.200. The fourth-order valence-electron chi connectivity index (χ4n) is 1.87. The smallest absolute Gasteiger partial charge is 0.261 e. The Hall–Kier alpha value is -1.50. The number of hydrogen-bond acceptors (Lipinski definition) is 4. The minimum atomic E-state index is -3.61. The number of hydrogen-bond donors (Lipinski definition) is 2. The third kappa shape index (κ3) is 4.00. The second-order valence-electron chi connectivity index (χ2n) is 4.70. The van der Waals surface area contributed by atoms with Crippen molar-refractivity contribution in [2.45, 2.75) is 22.8 Å². The van der Waals surface area contributed by atoms with Crippen LogP contribution in [0.4, 0.5) is 5.69 Å². The van der Waals surface area contributed by atoms with Crippen LogP contribution in [-0.2, 0) is 10.0 Å². The van der Waals surface area contributed by atoms with Gasteiger partial charge < -0.3 is 5.73 Å². The van der Waals surface area contributed by atoms with E-state index >= 15 is 0 Å². The molecule has 2 aromatic rings. The average Bonchev–Trinajstić information content (AvgIpc) is 2.47. The second-order valence-corrected chi connectivity index (χ2v) is 7.26. The van der Waals surface area contributed by atoms with Crippen molar-refractivity contribution >= 4 is 27.5 Å². The van der Waals surface area contributed by atoms with E-state index in [4.69, 9.17) is 5.73 Å². The first-order valence-corrected chi connectivity index (χ1v) is 9.15. The Balaban J connectivity index is 2.31. The number of sulfonamides is 1. The van der Waals surface area contributed by atoms with Gasteiger partial charge in [-0.3, -0.25) is 4.72 Å². The zero-order valence-corrected chi connectivity index (χ0v) is 13.5. The lowest BCUT2D eigenvalue weighted by Gasteiger charge is -2.11. The molecular formula is C15H18N2O2S2. The summed E-state index contributed by atoms with van der Waals surface area (Å²) in [5, 5.41) is 0. The summed E-state index contributed by atoms with van der Waals surface area (Å²) in [6, 6.07) is 13.8. The van der Waals surface area contributed by atoms with E-state index in [0.717, 1.165) is 10.5 Å². The third-order valence-corrected chi connectivity index (χ3v) is 5.12. The van der Waals surface area contributed by atoms with Crippen molar-refractivity contribution in [1.82, 2.24) is 0 Å². The number of rotatable bonds is 5. The van der Waals surface area contributed by atoms with Gasteiger partial charge in [-0.1, -0.05) is 18.2 Å². The summed E-state index contributed by atoms with van der Waals surface area (Å²) < 4.78 is 27.4. The van der Waals surface area contributed by atoms with E-state index in [9.17, 15) is 8.42 Å². The number of nitrogens with two attached hydrogens (primary N) is 1. The van der Waals surface area contributed by atoms with Crippen LogP contribution in [0.15, 0.2) is 58.3 Å². The summed E-state index contributed by atoms with van der Waals surface area (Å²) in [5.41, 5.74) is 7.14. The number of nitrogens with one attached hydrogen (secondary N) is 1. The summed E-state index contributed by atoms with van der Waals surface area (Å²) in [6.45, 7) is 1.82. The van der Waals surface area contributed by atoms with Crippen LogP contribution in [0.25, 0.3) is 0 Å². The van der Waals surface area contributed by atoms with Crippen molar-refractivity contribution in [1.29, 1.82) is 0 Å². The van der Waals surface area contributed by atoms with Crippen molar-refractivity contribution in [2.75, 3.05) is 11.0 Å². The SMILES string of the molecule is CSc1cccc(NS(=O)(=O)c2cccc(C(C)N)c2)c1. The molecule has 4 nitrogen and oxygen atoms in total. The first kappa shape index (κ1) is 15.9. The lowest BCUT2D eigenvalue weighted by molar-refractivity contribution is 0.601. The maximum atomic E-state index is 12.4. The Kier molecular flexibility index (Phi) is 4.92. The van der Waals surface area contributed by atoms with Gasteiger partial charge >= 0.3 is 0 Å². The molecule has 0 aliphatic heterocycles.